The van der Waals surface area contributed by atoms with Gasteiger partial charge in [0.2, 0.25) is 0 Å². The van der Waals surface area contributed by atoms with Crippen LogP contribution >= 0.6 is 0 Å². The number of ether oxygens (including phenoxy) is 2. The highest BCUT2D eigenvalue weighted by Gasteiger charge is 2.25. The highest BCUT2D eigenvalue weighted by atomic mass is 16.5. The molecule has 0 radical (unpaired) electrons. The molecule has 3 aromatic rings. The minimum Gasteiger partial charge on any atom is -0.494 e. The number of benzene rings is 3. The molecule has 4 N–H and O–H groups in total. The number of unbranched alkanes of at least 4 members (excludes halogenated alkanes) is 1. The van der Waals surface area contributed by atoms with Gasteiger partial charge in [0, 0.05) is 17.5 Å². The fourth-order valence-electron chi connectivity index (χ4n) is 4.25. The number of esters is 1. The molecule has 0 aliphatic heterocycles. The second kappa shape index (κ2) is 12.7. The van der Waals surface area contributed by atoms with E-state index in [1.165, 1.54) is 24.3 Å². The lowest BCUT2D eigenvalue weighted by Crippen LogP contribution is -2.23. The first-order valence-corrected chi connectivity index (χ1v) is 12.0. The lowest BCUT2D eigenvalue weighted by molar-refractivity contribution is -0.134. The Kier molecular flexibility index (Phi) is 9.36. The van der Waals surface area contributed by atoms with Crippen molar-refractivity contribution in [1.29, 1.82) is 0 Å². The molecule has 184 valence electrons. The van der Waals surface area contributed by atoms with Crippen molar-refractivity contribution in [3.63, 3.8) is 0 Å². The van der Waals surface area contributed by atoms with Crippen LogP contribution in [0.3, 0.4) is 0 Å². The van der Waals surface area contributed by atoms with Gasteiger partial charge in [-0.15, -0.1) is 0 Å². The quantitative estimate of drug-likeness (QED) is 0.144. The van der Waals surface area contributed by atoms with E-state index in [0.29, 0.717) is 6.61 Å². The molecule has 0 atom stereocenters. The van der Waals surface area contributed by atoms with E-state index in [-0.39, 0.29) is 11.4 Å². The molecule has 0 aliphatic rings. The van der Waals surface area contributed by atoms with Crippen LogP contribution in [0.15, 0.2) is 78.9 Å². The molecule has 5 nitrogen and oxygen atoms in total. The summed E-state index contributed by atoms with van der Waals surface area (Å²) in [4.78, 5) is 11.2. The maximum atomic E-state index is 11.2. The zero-order chi connectivity index (χ0) is 25.1. The summed E-state index contributed by atoms with van der Waals surface area (Å²) in [5.41, 5.74) is 17.0. The Hall–Kier alpha value is -3.73. The van der Waals surface area contributed by atoms with Crippen molar-refractivity contribution in [2.24, 2.45) is 5.41 Å². The van der Waals surface area contributed by atoms with E-state index in [4.69, 9.17) is 16.2 Å². The van der Waals surface area contributed by atoms with Gasteiger partial charge < -0.3 is 20.9 Å². The number of carbonyl (C=O) groups is 1. The van der Waals surface area contributed by atoms with Crippen molar-refractivity contribution >= 4 is 23.4 Å². The van der Waals surface area contributed by atoms with Crippen LogP contribution in [0.2, 0.25) is 0 Å². The Labute approximate surface area is 208 Å². The molecule has 0 bridgehead atoms. The molecule has 3 rings (SSSR count). The van der Waals surface area contributed by atoms with Gasteiger partial charge >= 0.3 is 5.97 Å². The first-order chi connectivity index (χ1) is 16.8. The number of nitrogens with two attached hydrogens (primary N) is 2. The molecule has 0 unspecified atom stereocenters. The van der Waals surface area contributed by atoms with E-state index in [2.05, 4.69) is 35.9 Å². The Morgan fingerprint density at radius 1 is 0.829 bits per heavy atom. The predicted molar refractivity (Wildman–Crippen MR) is 144 cm³/mol. The van der Waals surface area contributed by atoms with Crippen molar-refractivity contribution in [3.05, 3.63) is 95.6 Å². The molecule has 0 heterocycles. The molecule has 35 heavy (non-hydrogen) atoms. The van der Waals surface area contributed by atoms with Gasteiger partial charge in [-0.2, -0.15) is 0 Å². The topological polar surface area (TPSA) is 87.6 Å². The maximum Gasteiger partial charge on any atom is 0.330 e. The second-order valence-electron chi connectivity index (χ2n) is 9.38. The third kappa shape index (κ3) is 8.85. The first-order valence-electron chi connectivity index (χ1n) is 12.0. The fourth-order valence-corrected chi connectivity index (χ4v) is 4.25. The van der Waals surface area contributed by atoms with Crippen LogP contribution in [0.5, 0.6) is 5.75 Å². The second-order valence-corrected chi connectivity index (χ2v) is 9.38. The van der Waals surface area contributed by atoms with Gasteiger partial charge in [0.1, 0.15) is 5.75 Å². The van der Waals surface area contributed by atoms with Gasteiger partial charge in [0.15, 0.2) is 0 Å². The summed E-state index contributed by atoms with van der Waals surface area (Å²) in [6.45, 7) is 3.03. The smallest absolute Gasteiger partial charge is 0.330 e. The lowest BCUT2D eigenvalue weighted by atomic mass is 9.74. The van der Waals surface area contributed by atoms with E-state index in [9.17, 15) is 4.79 Å². The number of nitrogen functional groups attached to an aromatic ring is 2. The monoisotopic (exact) mass is 472 g/mol. The summed E-state index contributed by atoms with van der Waals surface area (Å²) < 4.78 is 10.6. The Morgan fingerprint density at radius 3 is 1.89 bits per heavy atom. The molecule has 0 saturated heterocycles. The van der Waals surface area contributed by atoms with Crippen LogP contribution in [-0.2, 0) is 22.4 Å². The van der Waals surface area contributed by atoms with Gasteiger partial charge in [0.05, 0.1) is 13.7 Å². The molecule has 0 aliphatic carbocycles. The van der Waals surface area contributed by atoms with Crippen molar-refractivity contribution in [1.82, 2.24) is 0 Å². The standard InChI is InChI=1S/C30H36N2O3/c1-30(21-24-5-12-26(31)13-6-24,22-25-7-14-27(32)15-8-25)19-3-4-20-35-28-16-9-23(10-17-28)11-18-29(33)34-2/h5-18H,3-4,19-22,31-32H2,1-2H3/b18-11+. The summed E-state index contributed by atoms with van der Waals surface area (Å²) in [7, 11) is 1.36. The third-order valence-corrected chi connectivity index (χ3v) is 6.16. The molecule has 3 aromatic carbocycles. The van der Waals surface area contributed by atoms with Crippen LogP contribution in [0, 0.1) is 5.41 Å². The van der Waals surface area contributed by atoms with E-state index in [0.717, 1.165) is 54.8 Å². The molecule has 0 aromatic heterocycles. The van der Waals surface area contributed by atoms with Crippen LogP contribution in [0.1, 0.15) is 42.9 Å². The minimum absolute atomic E-state index is 0.111. The normalized spacial score (nSPS) is 11.5. The molecule has 0 spiro atoms. The Morgan fingerprint density at radius 2 is 1.37 bits per heavy atom. The number of hydrogen-bond acceptors (Lipinski definition) is 5. The zero-order valence-corrected chi connectivity index (χ0v) is 20.7. The van der Waals surface area contributed by atoms with Gasteiger partial charge in [-0.1, -0.05) is 43.3 Å². The zero-order valence-electron chi connectivity index (χ0n) is 20.7. The number of rotatable bonds is 12. The van der Waals surface area contributed by atoms with Crippen LogP contribution in [0.25, 0.3) is 6.08 Å². The molecule has 5 heteroatoms. The van der Waals surface area contributed by atoms with E-state index >= 15 is 0 Å². The highest BCUT2D eigenvalue weighted by Crippen LogP contribution is 2.33. The average Bonchev–Trinajstić information content (AvgIpc) is 2.86. The van der Waals surface area contributed by atoms with Gasteiger partial charge in [-0.05, 0) is 96.7 Å². The van der Waals surface area contributed by atoms with E-state index in [1.54, 1.807) is 6.08 Å². The van der Waals surface area contributed by atoms with Gasteiger partial charge in [-0.25, -0.2) is 4.79 Å². The number of hydrogen-bond donors (Lipinski definition) is 2. The fraction of sp³-hybridized carbons (Fsp3) is 0.300. The average molecular weight is 473 g/mol. The van der Waals surface area contributed by atoms with Crippen molar-refractivity contribution in [2.45, 2.75) is 39.0 Å². The maximum absolute atomic E-state index is 11.2. The van der Waals surface area contributed by atoms with Gasteiger partial charge in [-0.3, -0.25) is 0 Å². The van der Waals surface area contributed by atoms with Gasteiger partial charge in [0.25, 0.3) is 0 Å². The van der Waals surface area contributed by atoms with Crippen molar-refractivity contribution < 1.29 is 14.3 Å². The molecule has 0 fully saturated rings. The first kappa shape index (κ1) is 25.9. The van der Waals surface area contributed by atoms with Crippen LogP contribution in [-0.4, -0.2) is 19.7 Å². The number of anilines is 2. The van der Waals surface area contributed by atoms with Crippen LogP contribution in [0.4, 0.5) is 11.4 Å². The lowest BCUT2D eigenvalue weighted by Gasteiger charge is -2.30. The summed E-state index contributed by atoms with van der Waals surface area (Å²) in [6.07, 6.45) is 8.23. The Bertz CT molecular complexity index is 1040. The summed E-state index contributed by atoms with van der Waals surface area (Å²) in [5, 5.41) is 0. The van der Waals surface area contributed by atoms with Crippen molar-refractivity contribution in [2.75, 3.05) is 25.2 Å². The summed E-state index contributed by atoms with van der Waals surface area (Å²) >= 11 is 0. The minimum atomic E-state index is -0.370. The third-order valence-electron chi connectivity index (χ3n) is 6.16. The summed E-state index contributed by atoms with van der Waals surface area (Å²) in [5.74, 6) is 0.455. The summed E-state index contributed by atoms with van der Waals surface area (Å²) in [6, 6.07) is 24.1. The SMILES string of the molecule is COC(=O)/C=C/c1ccc(OCCCCC(C)(Cc2ccc(N)cc2)Cc2ccc(N)cc2)cc1. The number of methoxy groups -OCH3 is 1. The highest BCUT2D eigenvalue weighted by molar-refractivity contribution is 5.86. The molecule has 0 amide bonds. The Balaban J connectivity index is 1.53. The largest absolute Gasteiger partial charge is 0.494 e. The van der Waals surface area contributed by atoms with E-state index in [1.807, 2.05) is 48.5 Å². The molecule has 0 saturated carbocycles. The van der Waals surface area contributed by atoms with Crippen LogP contribution < -0.4 is 16.2 Å². The molecular weight excluding hydrogens is 436 g/mol. The van der Waals surface area contributed by atoms with E-state index < -0.39 is 0 Å². The van der Waals surface area contributed by atoms with Crippen molar-refractivity contribution in [3.8, 4) is 5.75 Å². The number of carbonyl (C=O) groups excluding carboxylic acids is 1. The predicted octanol–water partition coefficient (Wildman–Crippen LogP) is 6.08. The molecular formula is C30H36N2O3.